The zero-order valence-corrected chi connectivity index (χ0v) is 9.71. The van der Waals surface area contributed by atoms with Gasteiger partial charge in [0.25, 0.3) is 0 Å². The highest BCUT2D eigenvalue weighted by atomic mass is 16.5. The molecular formula is C12H15N3O. The number of ether oxygens (including phenoxy) is 1. The number of aryl methyl sites for hydroxylation is 1. The minimum Gasteiger partial charge on any atom is -0.475 e. The lowest BCUT2D eigenvalue weighted by molar-refractivity contribution is 0.226. The van der Waals surface area contributed by atoms with Crippen LogP contribution in [0.3, 0.4) is 0 Å². The molecule has 0 saturated heterocycles. The second-order valence-corrected chi connectivity index (χ2v) is 3.91. The summed E-state index contributed by atoms with van der Waals surface area (Å²) in [5.41, 5.74) is 1.89. The van der Waals surface area contributed by atoms with Crippen LogP contribution in [0.1, 0.15) is 19.5 Å². The second-order valence-electron chi connectivity index (χ2n) is 3.91. The monoisotopic (exact) mass is 217 g/mol. The molecule has 0 aliphatic carbocycles. The van der Waals surface area contributed by atoms with Gasteiger partial charge < -0.3 is 4.74 Å². The first-order valence-corrected chi connectivity index (χ1v) is 5.30. The van der Waals surface area contributed by atoms with Crippen molar-refractivity contribution in [2.24, 2.45) is 0 Å². The van der Waals surface area contributed by atoms with Gasteiger partial charge in [0.2, 0.25) is 5.88 Å². The van der Waals surface area contributed by atoms with Gasteiger partial charge in [-0.3, -0.25) is 4.98 Å². The summed E-state index contributed by atoms with van der Waals surface area (Å²) >= 11 is 0. The Balaban J connectivity index is 2.40. The Labute approximate surface area is 94.9 Å². The summed E-state index contributed by atoms with van der Waals surface area (Å²) < 4.78 is 7.49. The van der Waals surface area contributed by atoms with E-state index in [0.29, 0.717) is 0 Å². The van der Waals surface area contributed by atoms with E-state index in [4.69, 9.17) is 4.74 Å². The first-order valence-electron chi connectivity index (χ1n) is 5.30. The van der Waals surface area contributed by atoms with Gasteiger partial charge in [-0.05, 0) is 32.9 Å². The fourth-order valence-electron chi connectivity index (χ4n) is 1.47. The van der Waals surface area contributed by atoms with Gasteiger partial charge in [0.1, 0.15) is 0 Å². The van der Waals surface area contributed by atoms with Crippen LogP contribution in [0, 0.1) is 6.92 Å². The highest BCUT2D eigenvalue weighted by molar-refractivity contribution is 5.34. The van der Waals surface area contributed by atoms with Crippen LogP contribution in [0.15, 0.2) is 30.6 Å². The summed E-state index contributed by atoms with van der Waals surface area (Å²) in [5.74, 6) is 0.763. The van der Waals surface area contributed by atoms with Gasteiger partial charge in [-0.25, -0.2) is 4.68 Å². The molecule has 2 heterocycles. The van der Waals surface area contributed by atoms with Crippen molar-refractivity contribution in [3.63, 3.8) is 0 Å². The lowest BCUT2D eigenvalue weighted by atomic mass is 10.4. The normalized spacial score (nSPS) is 10.8. The Morgan fingerprint density at radius 2 is 1.94 bits per heavy atom. The van der Waals surface area contributed by atoms with Gasteiger partial charge in [-0.1, -0.05) is 0 Å². The first-order chi connectivity index (χ1) is 7.66. The molecule has 4 heteroatoms. The van der Waals surface area contributed by atoms with E-state index in [-0.39, 0.29) is 6.10 Å². The quantitative estimate of drug-likeness (QED) is 0.792. The molecule has 0 saturated carbocycles. The average molecular weight is 217 g/mol. The molecule has 0 radical (unpaired) electrons. The van der Waals surface area contributed by atoms with Crippen LogP contribution in [0.2, 0.25) is 0 Å². The molecule has 0 aromatic carbocycles. The zero-order valence-electron chi connectivity index (χ0n) is 9.71. The van der Waals surface area contributed by atoms with E-state index in [2.05, 4.69) is 10.1 Å². The Bertz CT molecular complexity index is 462. The second kappa shape index (κ2) is 4.35. The van der Waals surface area contributed by atoms with Gasteiger partial charge >= 0.3 is 0 Å². The molecule has 2 aromatic heterocycles. The van der Waals surface area contributed by atoms with Crippen molar-refractivity contribution in [3.8, 4) is 11.6 Å². The summed E-state index contributed by atoms with van der Waals surface area (Å²) in [6.45, 7) is 5.95. The Morgan fingerprint density at radius 1 is 1.25 bits per heavy atom. The fraction of sp³-hybridized carbons (Fsp3) is 0.333. The van der Waals surface area contributed by atoms with Crippen molar-refractivity contribution in [1.82, 2.24) is 14.8 Å². The van der Waals surface area contributed by atoms with Gasteiger partial charge in [0.05, 0.1) is 17.5 Å². The number of hydrogen-bond acceptors (Lipinski definition) is 3. The number of nitrogens with zero attached hydrogens (tertiary/aromatic N) is 3. The summed E-state index contributed by atoms with van der Waals surface area (Å²) in [4.78, 5) is 3.99. The maximum Gasteiger partial charge on any atom is 0.217 e. The minimum absolute atomic E-state index is 0.136. The summed E-state index contributed by atoms with van der Waals surface area (Å²) in [7, 11) is 0. The third kappa shape index (κ3) is 2.21. The molecule has 84 valence electrons. The molecule has 4 nitrogen and oxygen atoms in total. The van der Waals surface area contributed by atoms with Crippen molar-refractivity contribution >= 4 is 0 Å². The predicted octanol–water partition coefficient (Wildman–Crippen LogP) is 2.36. The van der Waals surface area contributed by atoms with Crippen LogP contribution in [0.4, 0.5) is 0 Å². The molecular weight excluding hydrogens is 202 g/mol. The molecule has 2 aromatic rings. The van der Waals surface area contributed by atoms with Crippen LogP contribution >= 0.6 is 0 Å². The predicted molar refractivity (Wildman–Crippen MR) is 61.9 cm³/mol. The molecule has 0 aliphatic heterocycles. The largest absolute Gasteiger partial charge is 0.475 e. The van der Waals surface area contributed by atoms with Crippen molar-refractivity contribution < 1.29 is 4.74 Å². The summed E-state index contributed by atoms with van der Waals surface area (Å²) in [6.07, 6.45) is 3.62. The molecule has 0 amide bonds. The molecule has 0 aliphatic rings. The van der Waals surface area contributed by atoms with Crippen LogP contribution < -0.4 is 4.74 Å². The van der Waals surface area contributed by atoms with E-state index in [0.717, 1.165) is 17.3 Å². The Hall–Kier alpha value is -1.84. The van der Waals surface area contributed by atoms with E-state index in [1.807, 2.05) is 39.0 Å². The van der Waals surface area contributed by atoms with Crippen molar-refractivity contribution in [2.45, 2.75) is 26.9 Å². The summed E-state index contributed by atoms with van der Waals surface area (Å²) in [5, 5.41) is 4.40. The number of aromatic nitrogens is 3. The highest BCUT2D eigenvalue weighted by Gasteiger charge is 2.09. The first kappa shape index (κ1) is 10.7. The highest BCUT2D eigenvalue weighted by Crippen LogP contribution is 2.19. The smallest absolute Gasteiger partial charge is 0.217 e. The number of rotatable bonds is 3. The Kier molecular flexibility index (Phi) is 2.90. The standard InChI is InChI=1S/C12H15N3O/c1-9(2)16-12-8-10(3)14-15(12)11-4-6-13-7-5-11/h4-9H,1-3H3. The molecule has 16 heavy (non-hydrogen) atoms. The lowest BCUT2D eigenvalue weighted by Gasteiger charge is -2.11. The third-order valence-electron chi connectivity index (χ3n) is 2.06. The minimum atomic E-state index is 0.136. The van der Waals surface area contributed by atoms with Gasteiger partial charge in [-0.2, -0.15) is 5.10 Å². The molecule has 0 spiro atoms. The van der Waals surface area contributed by atoms with E-state index >= 15 is 0 Å². The maximum atomic E-state index is 5.70. The molecule has 0 bridgehead atoms. The van der Waals surface area contributed by atoms with Crippen LogP contribution in [-0.2, 0) is 0 Å². The number of hydrogen-bond donors (Lipinski definition) is 0. The van der Waals surface area contributed by atoms with Gasteiger partial charge in [-0.15, -0.1) is 0 Å². The molecule has 0 atom stereocenters. The van der Waals surface area contributed by atoms with Gasteiger partial charge in [0, 0.05) is 18.5 Å². The lowest BCUT2D eigenvalue weighted by Crippen LogP contribution is -2.09. The van der Waals surface area contributed by atoms with Crippen LogP contribution in [0.25, 0.3) is 5.69 Å². The summed E-state index contributed by atoms with van der Waals surface area (Å²) in [6, 6.07) is 5.74. The van der Waals surface area contributed by atoms with Gasteiger partial charge in [0.15, 0.2) is 0 Å². The van der Waals surface area contributed by atoms with Crippen molar-refractivity contribution in [1.29, 1.82) is 0 Å². The fourth-order valence-corrected chi connectivity index (χ4v) is 1.47. The SMILES string of the molecule is Cc1cc(OC(C)C)n(-c2ccncc2)n1. The zero-order chi connectivity index (χ0) is 11.5. The van der Waals surface area contributed by atoms with Crippen molar-refractivity contribution in [2.75, 3.05) is 0 Å². The third-order valence-corrected chi connectivity index (χ3v) is 2.06. The van der Waals surface area contributed by atoms with E-state index in [1.165, 1.54) is 0 Å². The molecule has 0 unspecified atom stereocenters. The Morgan fingerprint density at radius 3 is 2.56 bits per heavy atom. The van der Waals surface area contributed by atoms with Crippen molar-refractivity contribution in [3.05, 3.63) is 36.3 Å². The molecule has 2 rings (SSSR count). The van der Waals surface area contributed by atoms with Crippen LogP contribution in [-0.4, -0.2) is 20.9 Å². The topological polar surface area (TPSA) is 39.9 Å². The number of pyridine rings is 1. The maximum absolute atomic E-state index is 5.70. The van der Waals surface area contributed by atoms with Crippen LogP contribution in [0.5, 0.6) is 5.88 Å². The molecule has 0 fully saturated rings. The van der Waals surface area contributed by atoms with E-state index < -0.39 is 0 Å². The molecule has 0 N–H and O–H groups in total. The average Bonchev–Trinajstić information content (AvgIpc) is 2.60. The van der Waals surface area contributed by atoms with E-state index in [1.54, 1.807) is 17.1 Å². The van der Waals surface area contributed by atoms with E-state index in [9.17, 15) is 0 Å².